The van der Waals surface area contributed by atoms with Crippen molar-refractivity contribution in [2.45, 2.75) is 32.8 Å². The number of rotatable bonds is 5. The molecular formula is C27H23F2IN2O4. The highest BCUT2D eigenvalue weighted by atomic mass is 127. The number of carbonyl (C=O) groups excluding carboxylic acids is 2. The first-order chi connectivity index (χ1) is 16.9. The Morgan fingerprint density at radius 3 is 2.42 bits per heavy atom. The van der Waals surface area contributed by atoms with Gasteiger partial charge in [-0.15, -0.1) is 0 Å². The van der Waals surface area contributed by atoms with Crippen LogP contribution in [0.3, 0.4) is 0 Å². The van der Waals surface area contributed by atoms with Gasteiger partial charge in [0.25, 0.3) is 5.91 Å². The first kappa shape index (κ1) is 25.6. The molecule has 1 amide bonds. The van der Waals surface area contributed by atoms with Gasteiger partial charge in [0.2, 0.25) is 0 Å². The van der Waals surface area contributed by atoms with E-state index in [-0.39, 0.29) is 34.6 Å². The van der Waals surface area contributed by atoms with Crippen LogP contribution in [-0.4, -0.2) is 22.2 Å². The van der Waals surface area contributed by atoms with Gasteiger partial charge in [-0.1, -0.05) is 6.07 Å². The van der Waals surface area contributed by atoms with Gasteiger partial charge in [-0.05, 0) is 90.9 Å². The molecule has 36 heavy (non-hydrogen) atoms. The second kappa shape index (κ2) is 9.88. The summed E-state index contributed by atoms with van der Waals surface area (Å²) in [5, 5.41) is 0.748. The van der Waals surface area contributed by atoms with E-state index in [1.807, 2.05) is 22.6 Å². The minimum absolute atomic E-state index is 0.0584. The summed E-state index contributed by atoms with van der Waals surface area (Å²) in [4.78, 5) is 25.0. The van der Waals surface area contributed by atoms with Crippen LogP contribution in [0.4, 0.5) is 13.6 Å². The van der Waals surface area contributed by atoms with Crippen molar-refractivity contribution in [1.29, 1.82) is 0 Å². The van der Waals surface area contributed by atoms with Crippen LogP contribution in [0.5, 0.6) is 11.5 Å². The van der Waals surface area contributed by atoms with Gasteiger partial charge in [0.1, 0.15) is 28.7 Å². The first-order valence-electron chi connectivity index (χ1n) is 11.0. The van der Waals surface area contributed by atoms with Crippen molar-refractivity contribution < 1.29 is 27.8 Å². The SMILES string of the molecule is CC(C)(C)OC(=O)n1ccc2ccc(Oc3cc(F)cc(Cc4ccc(I)cc4F)c3C(N)=O)cc21. The molecule has 6 nitrogen and oxygen atoms in total. The average molecular weight is 604 g/mol. The van der Waals surface area contributed by atoms with Gasteiger partial charge in [0, 0.05) is 33.7 Å². The Balaban J connectivity index is 1.73. The molecule has 0 aliphatic carbocycles. The Bertz CT molecular complexity index is 1490. The van der Waals surface area contributed by atoms with Crippen molar-refractivity contribution in [3.8, 4) is 11.5 Å². The van der Waals surface area contributed by atoms with Gasteiger partial charge in [-0.25, -0.2) is 13.6 Å². The molecule has 4 aromatic rings. The number of hydrogen-bond acceptors (Lipinski definition) is 4. The quantitative estimate of drug-likeness (QED) is 0.255. The maximum Gasteiger partial charge on any atom is 0.418 e. The Hall–Kier alpha value is -3.47. The number of primary amides is 1. The van der Waals surface area contributed by atoms with E-state index in [1.54, 1.807) is 63.4 Å². The molecule has 186 valence electrons. The minimum atomic E-state index is -0.843. The Kier molecular flexibility index (Phi) is 7.03. The Morgan fingerprint density at radius 1 is 1.00 bits per heavy atom. The van der Waals surface area contributed by atoms with Crippen molar-refractivity contribution in [3.63, 3.8) is 0 Å². The summed E-state index contributed by atoms with van der Waals surface area (Å²) in [5.74, 6) is -1.86. The van der Waals surface area contributed by atoms with Crippen LogP contribution >= 0.6 is 22.6 Å². The lowest BCUT2D eigenvalue weighted by atomic mass is 9.98. The second-order valence-corrected chi connectivity index (χ2v) is 10.4. The van der Waals surface area contributed by atoms with Gasteiger partial charge >= 0.3 is 6.09 Å². The van der Waals surface area contributed by atoms with E-state index in [0.29, 0.717) is 9.09 Å². The molecule has 0 aliphatic heterocycles. The van der Waals surface area contributed by atoms with Crippen molar-refractivity contribution in [1.82, 2.24) is 4.57 Å². The number of halogens is 3. The van der Waals surface area contributed by atoms with Crippen LogP contribution in [0.15, 0.2) is 60.8 Å². The molecule has 1 aromatic heterocycles. The molecule has 0 saturated carbocycles. The molecule has 0 unspecified atom stereocenters. The smallest absolute Gasteiger partial charge is 0.418 e. The number of nitrogens with zero attached hydrogens (tertiary/aromatic N) is 1. The highest BCUT2D eigenvalue weighted by Crippen LogP contribution is 2.33. The summed E-state index contributed by atoms with van der Waals surface area (Å²) in [6.07, 6.45) is 0.947. The third-order valence-electron chi connectivity index (χ3n) is 5.27. The summed E-state index contributed by atoms with van der Waals surface area (Å²) < 4.78 is 42.4. The topological polar surface area (TPSA) is 83.6 Å². The molecule has 3 aromatic carbocycles. The number of amides is 1. The zero-order valence-corrected chi connectivity index (χ0v) is 21.9. The van der Waals surface area contributed by atoms with Gasteiger partial charge in [-0.3, -0.25) is 9.36 Å². The van der Waals surface area contributed by atoms with Crippen molar-refractivity contribution >= 4 is 45.5 Å². The number of hydrogen-bond donors (Lipinski definition) is 1. The van der Waals surface area contributed by atoms with Crippen LogP contribution in [0.25, 0.3) is 10.9 Å². The van der Waals surface area contributed by atoms with Crippen LogP contribution < -0.4 is 10.5 Å². The summed E-state index contributed by atoms with van der Waals surface area (Å²) in [7, 11) is 0. The summed E-state index contributed by atoms with van der Waals surface area (Å²) in [6, 6.07) is 13.5. The van der Waals surface area contributed by atoms with Gasteiger partial charge < -0.3 is 15.2 Å². The van der Waals surface area contributed by atoms with Crippen molar-refractivity contribution in [2.75, 3.05) is 0 Å². The van der Waals surface area contributed by atoms with E-state index in [1.165, 1.54) is 10.6 Å². The van der Waals surface area contributed by atoms with Crippen LogP contribution in [0, 0.1) is 15.2 Å². The standard InChI is InChI=1S/C27H23F2IN2O4/c1-27(2,3)36-26(34)32-9-8-15-5-7-20(14-22(15)32)35-23-12-18(28)11-17(24(23)25(31)33)10-16-4-6-19(30)13-21(16)29/h4-9,11-14H,10H2,1-3H3,(H2,31,33). The zero-order valence-electron chi connectivity index (χ0n) is 19.8. The van der Waals surface area contributed by atoms with Crippen molar-refractivity contribution in [3.05, 3.63) is 92.7 Å². The molecule has 0 radical (unpaired) electrons. The van der Waals surface area contributed by atoms with E-state index < -0.39 is 29.2 Å². The largest absolute Gasteiger partial charge is 0.456 e. The number of nitrogens with two attached hydrogens (primary N) is 1. The molecular weight excluding hydrogens is 581 g/mol. The monoisotopic (exact) mass is 604 g/mol. The fraction of sp³-hybridized carbons (Fsp3) is 0.185. The molecule has 0 atom stereocenters. The second-order valence-electron chi connectivity index (χ2n) is 9.20. The highest BCUT2D eigenvalue weighted by molar-refractivity contribution is 14.1. The molecule has 2 N–H and O–H groups in total. The molecule has 0 aliphatic rings. The zero-order chi connectivity index (χ0) is 26.2. The third-order valence-corrected chi connectivity index (χ3v) is 5.94. The van der Waals surface area contributed by atoms with Gasteiger partial charge in [-0.2, -0.15) is 0 Å². The molecule has 4 rings (SSSR count). The lowest BCUT2D eigenvalue weighted by Gasteiger charge is -2.20. The Labute approximate surface area is 220 Å². The molecule has 1 heterocycles. The summed E-state index contributed by atoms with van der Waals surface area (Å²) in [6.45, 7) is 5.29. The normalized spacial score (nSPS) is 11.5. The number of carbonyl (C=O) groups is 2. The fourth-order valence-corrected chi connectivity index (χ4v) is 4.23. The number of benzene rings is 3. The molecule has 0 bridgehead atoms. The van der Waals surface area contributed by atoms with E-state index in [9.17, 15) is 18.4 Å². The lowest BCUT2D eigenvalue weighted by Crippen LogP contribution is -2.26. The van der Waals surface area contributed by atoms with Crippen LogP contribution in [0.1, 0.15) is 42.3 Å². The summed E-state index contributed by atoms with van der Waals surface area (Å²) >= 11 is 1.99. The first-order valence-corrected chi connectivity index (χ1v) is 12.1. The molecule has 0 spiro atoms. The van der Waals surface area contributed by atoms with Gasteiger partial charge in [0.15, 0.2) is 0 Å². The third kappa shape index (κ3) is 5.67. The summed E-state index contributed by atoms with van der Waals surface area (Å²) in [5.41, 5.74) is 5.86. The predicted molar refractivity (Wildman–Crippen MR) is 140 cm³/mol. The Morgan fingerprint density at radius 2 is 1.75 bits per heavy atom. The predicted octanol–water partition coefficient (Wildman–Crippen LogP) is 6.79. The lowest BCUT2D eigenvalue weighted by molar-refractivity contribution is 0.0544. The maximum absolute atomic E-state index is 14.6. The number of aromatic nitrogens is 1. The number of fused-ring (bicyclic) bond motifs is 1. The highest BCUT2D eigenvalue weighted by Gasteiger charge is 2.21. The average Bonchev–Trinajstić information content (AvgIpc) is 3.17. The van der Waals surface area contributed by atoms with E-state index in [4.69, 9.17) is 15.2 Å². The molecule has 0 saturated heterocycles. The van der Waals surface area contributed by atoms with E-state index in [0.717, 1.165) is 17.5 Å². The van der Waals surface area contributed by atoms with Gasteiger partial charge in [0.05, 0.1) is 11.1 Å². The van der Waals surface area contributed by atoms with E-state index >= 15 is 0 Å². The van der Waals surface area contributed by atoms with Crippen LogP contribution in [0.2, 0.25) is 0 Å². The number of ether oxygens (including phenoxy) is 2. The van der Waals surface area contributed by atoms with Crippen molar-refractivity contribution in [2.24, 2.45) is 5.73 Å². The minimum Gasteiger partial charge on any atom is -0.456 e. The molecule has 9 heteroatoms. The fourth-order valence-electron chi connectivity index (χ4n) is 3.77. The molecule has 0 fully saturated rings. The van der Waals surface area contributed by atoms with E-state index in [2.05, 4.69) is 0 Å². The maximum atomic E-state index is 14.6. The van der Waals surface area contributed by atoms with Crippen LogP contribution in [-0.2, 0) is 11.2 Å².